The Balaban J connectivity index is 1.73. The monoisotopic (exact) mass is 305 g/mol. The van der Waals surface area contributed by atoms with Gasteiger partial charge in [-0.2, -0.15) is 0 Å². The van der Waals surface area contributed by atoms with Gasteiger partial charge < -0.3 is 10.1 Å². The average molecular weight is 306 g/mol. The lowest BCUT2D eigenvalue weighted by atomic mass is 10.2. The maximum absolute atomic E-state index is 5.63. The maximum atomic E-state index is 5.63. The fourth-order valence-electron chi connectivity index (χ4n) is 1.57. The van der Waals surface area contributed by atoms with Crippen LogP contribution >= 0.6 is 15.9 Å². The Morgan fingerprint density at radius 1 is 1.00 bits per heavy atom. The molecule has 0 fully saturated rings. The van der Waals surface area contributed by atoms with Crippen LogP contribution in [0.5, 0.6) is 5.75 Å². The van der Waals surface area contributed by atoms with Crippen LogP contribution in [0, 0.1) is 6.92 Å². The van der Waals surface area contributed by atoms with Gasteiger partial charge in [0.05, 0.1) is 0 Å². The highest BCUT2D eigenvalue weighted by Gasteiger charge is 1.94. The second-order valence-corrected chi connectivity index (χ2v) is 5.01. The summed E-state index contributed by atoms with van der Waals surface area (Å²) in [6.07, 6.45) is 0. The first kappa shape index (κ1) is 13.0. The average Bonchev–Trinajstić information content (AvgIpc) is 2.39. The number of benzene rings is 2. The first-order chi connectivity index (χ1) is 8.74. The van der Waals surface area contributed by atoms with Crippen molar-refractivity contribution in [3.63, 3.8) is 0 Å². The van der Waals surface area contributed by atoms with Crippen molar-refractivity contribution in [2.75, 3.05) is 18.5 Å². The SMILES string of the molecule is Cc1ccc(OCCNc2ccc(Br)cc2)cc1. The molecule has 0 heterocycles. The summed E-state index contributed by atoms with van der Waals surface area (Å²) in [5, 5.41) is 3.31. The number of hydrogen-bond acceptors (Lipinski definition) is 2. The van der Waals surface area contributed by atoms with E-state index in [-0.39, 0.29) is 0 Å². The third-order valence-electron chi connectivity index (χ3n) is 2.57. The molecule has 0 atom stereocenters. The summed E-state index contributed by atoms with van der Waals surface area (Å²) in [6.45, 7) is 3.51. The second-order valence-electron chi connectivity index (χ2n) is 4.10. The van der Waals surface area contributed by atoms with Gasteiger partial charge in [0.1, 0.15) is 12.4 Å². The number of hydrogen-bond donors (Lipinski definition) is 1. The summed E-state index contributed by atoms with van der Waals surface area (Å²) >= 11 is 3.41. The van der Waals surface area contributed by atoms with Crippen molar-refractivity contribution in [2.45, 2.75) is 6.92 Å². The summed E-state index contributed by atoms with van der Waals surface area (Å²) in [5.41, 5.74) is 2.35. The molecule has 0 radical (unpaired) electrons. The summed E-state index contributed by atoms with van der Waals surface area (Å²) in [6, 6.07) is 16.2. The quantitative estimate of drug-likeness (QED) is 0.834. The number of ether oxygens (including phenoxy) is 1. The molecular formula is C15H16BrNO. The van der Waals surface area contributed by atoms with Crippen LogP contribution in [0.2, 0.25) is 0 Å². The van der Waals surface area contributed by atoms with Crippen molar-refractivity contribution < 1.29 is 4.74 Å². The molecule has 0 saturated carbocycles. The van der Waals surface area contributed by atoms with Crippen LogP contribution in [-0.2, 0) is 0 Å². The van der Waals surface area contributed by atoms with Crippen LogP contribution in [0.4, 0.5) is 5.69 Å². The van der Waals surface area contributed by atoms with Crippen LogP contribution in [0.3, 0.4) is 0 Å². The number of nitrogens with one attached hydrogen (secondary N) is 1. The molecule has 18 heavy (non-hydrogen) atoms. The van der Waals surface area contributed by atoms with Crippen molar-refractivity contribution in [3.05, 3.63) is 58.6 Å². The first-order valence-corrected chi connectivity index (χ1v) is 6.72. The molecule has 1 N–H and O–H groups in total. The van der Waals surface area contributed by atoms with E-state index in [1.807, 2.05) is 36.4 Å². The van der Waals surface area contributed by atoms with Gasteiger partial charge in [0, 0.05) is 16.7 Å². The van der Waals surface area contributed by atoms with Crippen molar-refractivity contribution >= 4 is 21.6 Å². The van der Waals surface area contributed by atoms with Crippen LogP contribution in [0.15, 0.2) is 53.0 Å². The zero-order valence-corrected chi connectivity index (χ0v) is 11.9. The Morgan fingerprint density at radius 2 is 1.67 bits per heavy atom. The number of halogens is 1. The fraction of sp³-hybridized carbons (Fsp3) is 0.200. The van der Waals surface area contributed by atoms with Crippen LogP contribution in [0.1, 0.15) is 5.56 Å². The fourth-order valence-corrected chi connectivity index (χ4v) is 1.83. The van der Waals surface area contributed by atoms with Gasteiger partial charge in [0.2, 0.25) is 0 Å². The summed E-state index contributed by atoms with van der Waals surface area (Å²) < 4.78 is 6.72. The molecular weight excluding hydrogens is 290 g/mol. The Morgan fingerprint density at radius 3 is 2.33 bits per heavy atom. The molecule has 0 aliphatic rings. The first-order valence-electron chi connectivity index (χ1n) is 5.93. The third kappa shape index (κ3) is 4.08. The lowest BCUT2D eigenvalue weighted by Crippen LogP contribution is -2.11. The smallest absolute Gasteiger partial charge is 0.119 e. The minimum absolute atomic E-state index is 0.652. The lowest BCUT2D eigenvalue weighted by molar-refractivity contribution is 0.333. The Bertz CT molecular complexity index is 431. The molecule has 0 saturated heterocycles. The van der Waals surface area contributed by atoms with Crippen LogP contribution < -0.4 is 10.1 Å². The summed E-state index contributed by atoms with van der Waals surface area (Å²) in [7, 11) is 0. The van der Waals surface area contributed by atoms with Crippen LogP contribution in [0.25, 0.3) is 0 Å². The highest BCUT2D eigenvalue weighted by Crippen LogP contribution is 2.14. The molecule has 0 spiro atoms. The van der Waals surface area contributed by atoms with E-state index in [4.69, 9.17) is 4.74 Å². The van der Waals surface area contributed by atoms with Crippen molar-refractivity contribution in [3.8, 4) is 5.75 Å². The van der Waals surface area contributed by atoms with E-state index >= 15 is 0 Å². The summed E-state index contributed by atoms with van der Waals surface area (Å²) in [5.74, 6) is 0.915. The van der Waals surface area contributed by atoms with E-state index in [1.165, 1.54) is 5.56 Å². The van der Waals surface area contributed by atoms with Crippen molar-refractivity contribution in [2.24, 2.45) is 0 Å². The third-order valence-corrected chi connectivity index (χ3v) is 3.09. The minimum atomic E-state index is 0.652. The molecule has 94 valence electrons. The molecule has 2 rings (SSSR count). The molecule has 3 heteroatoms. The highest BCUT2D eigenvalue weighted by molar-refractivity contribution is 9.10. The van der Waals surface area contributed by atoms with Gasteiger partial charge in [-0.3, -0.25) is 0 Å². The number of aryl methyl sites for hydroxylation is 1. The van der Waals surface area contributed by atoms with E-state index in [0.29, 0.717) is 6.61 Å². The summed E-state index contributed by atoms with van der Waals surface area (Å²) in [4.78, 5) is 0. The normalized spacial score (nSPS) is 10.1. The highest BCUT2D eigenvalue weighted by atomic mass is 79.9. The molecule has 2 aromatic carbocycles. The van der Waals surface area contributed by atoms with Gasteiger partial charge >= 0.3 is 0 Å². The van der Waals surface area contributed by atoms with E-state index in [2.05, 4.69) is 40.3 Å². The molecule has 0 aliphatic heterocycles. The van der Waals surface area contributed by atoms with Crippen LogP contribution in [-0.4, -0.2) is 13.2 Å². The van der Waals surface area contributed by atoms with E-state index in [0.717, 1.165) is 22.5 Å². The van der Waals surface area contributed by atoms with Crippen molar-refractivity contribution in [1.82, 2.24) is 0 Å². The molecule has 0 aliphatic carbocycles. The second kappa shape index (κ2) is 6.45. The Kier molecular flexibility index (Phi) is 4.65. The Hall–Kier alpha value is -1.48. The minimum Gasteiger partial charge on any atom is -0.492 e. The zero-order valence-electron chi connectivity index (χ0n) is 10.3. The van der Waals surface area contributed by atoms with Gasteiger partial charge in [-0.15, -0.1) is 0 Å². The lowest BCUT2D eigenvalue weighted by Gasteiger charge is -2.08. The number of anilines is 1. The van der Waals surface area contributed by atoms with Gasteiger partial charge in [-0.25, -0.2) is 0 Å². The molecule has 2 aromatic rings. The zero-order chi connectivity index (χ0) is 12.8. The molecule has 0 amide bonds. The largest absolute Gasteiger partial charge is 0.492 e. The van der Waals surface area contributed by atoms with Gasteiger partial charge in [0.25, 0.3) is 0 Å². The maximum Gasteiger partial charge on any atom is 0.119 e. The van der Waals surface area contributed by atoms with Gasteiger partial charge in [-0.05, 0) is 43.3 Å². The van der Waals surface area contributed by atoms with Gasteiger partial charge in [0.15, 0.2) is 0 Å². The molecule has 0 aromatic heterocycles. The molecule has 0 bridgehead atoms. The standard InChI is InChI=1S/C15H16BrNO/c1-12-2-8-15(9-3-12)18-11-10-17-14-6-4-13(16)5-7-14/h2-9,17H,10-11H2,1H3. The predicted octanol–water partition coefficient (Wildman–Crippen LogP) is 4.25. The van der Waals surface area contributed by atoms with E-state index in [1.54, 1.807) is 0 Å². The molecule has 2 nitrogen and oxygen atoms in total. The van der Waals surface area contributed by atoms with Crippen molar-refractivity contribution in [1.29, 1.82) is 0 Å². The number of rotatable bonds is 5. The van der Waals surface area contributed by atoms with E-state index < -0.39 is 0 Å². The topological polar surface area (TPSA) is 21.3 Å². The predicted molar refractivity (Wildman–Crippen MR) is 79.3 cm³/mol. The molecule has 0 unspecified atom stereocenters. The van der Waals surface area contributed by atoms with Gasteiger partial charge in [-0.1, -0.05) is 33.6 Å². The Labute approximate surface area is 116 Å². The van der Waals surface area contributed by atoms with E-state index in [9.17, 15) is 0 Å².